The van der Waals surface area contributed by atoms with Crippen molar-refractivity contribution < 1.29 is 9.21 Å². The monoisotopic (exact) mass is 202 g/mol. The minimum atomic E-state index is -0.171. The molecule has 0 saturated heterocycles. The number of hydrogen-bond acceptors (Lipinski definition) is 3. The smallest absolute Gasteiger partial charge is 0.193 e. The lowest BCUT2D eigenvalue weighted by atomic mass is 10.1. The van der Waals surface area contributed by atoms with Crippen LogP contribution >= 0.6 is 0 Å². The lowest BCUT2D eigenvalue weighted by molar-refractivity contribution is 0.110. The predicted molar refractivity (Wildman–Crippen MR) is 57.3 cm³/mol. The van der Waals surface area contributed by atoms with Crippen molar-refractivity contribution in [2.75, 3.05) is 0 Å². The van der Waals surface area contributed by atoms with Crippen LogP contribution in [0.4, 0.5) is 0 Å². The normalized spacial score (nSPS) is 10.5. The van der Waals surface area contributed by atoms with Gasteiger partial charge in [-0.15, -0.1) is 0 Å². The van der Waals surface area contributed by atoms with E-state index in [2.05, 4.69) is 0 Å². The number of rotatable bonds is 1. The van der Waals surface area contributed by atoms with Crippen molar-refractivity contribution >= 4 is 17.3 Å². The van der Waals surface area contributed by atoms with Crippen molar-refractivity contribution in [3.8, 4) is 0 Å². The van der Waals surface area contributed by atoms with Gasteiger partial charge in [-0.25, -0.2) is 0 Å². The lowest BCUT2D eigenvalue weighted by Crippen LogP contribution is -2.03. The molecular weight excluding hydrogens is 192 g/mol. The highest BCUT2D eigenvalue weighted by Gasteiger charge is 2.07. The molecule has 15 heavy (non-hydrogen) atoms. The molecule has 2 rings (SSSR count). The van der Waals surface area contributed by atoms with Gasteiger partial charge in [0.1, 0.15) is 5.58 Å². The van der Waals surface area contributed by atoms with Gasteiger partial charge in [0.15, 0.2) is 17.5 Å². The van der Waals surface area contributed by atoms with E-state index >= 15 is 0 Å². The number of fused-ring (bicyclic) bond motifs is 1. The third-order valence-electron chi connectivity index (χ3n) is 2.31. The first-order valence-electron chi connectivity index (χ1n) is 4.62. The molecular formula is C12H10O3. The molecule has 0 amide bonds. The average Bonchev–Trinajstić information content (AvgIpc) is 2.15. The maximum Gasteiger partial charge on any atom is 0.193 e. The van der Waals surface area contributed by atoms with Crippen LogP contribution in [0.15, 0.2) is 27.4 Å². The van der Waals surface area contributed by atoms with Crippen molar-refractivity contribution in [2.45, 2.75) is 13.8 Å². The van der Waals surface area contributed by atoms with E-state index in [1.807, 2.05) is 19.9 Å². The van der Waals surface area contributed by atoms with E-state index in [9.17, 15) is 9.59 Å². The quantitative estimate of drug-likeness (QED) is 0.666. The lowest BCUT2D eigenvalue weighted by Gasteiger charge is -2.02. The van der Waals surface area contributed by atoms with Crippen LogP contribution < -0.4 is 5.43 Å². The Kier molecular flexibility index (Phi) is 2.15. The summed E-state index contributed by atoms with van der Waals surface area (Å²) >= 11 is 0. The van der Waals surface area contributed by atoms with Crippen LogP contribution in [0.3, 0.4) is 0 Å². The summed E-state index contributed by atoms with van der Waals surface area (Å²) < 4.78 is 5.29. The zero-order valence-electron chi connectivity index (χ0n) is 8.53. The second-order valence-electron chi connectivity index (χ2n) is 3.59. The third kappa shape index (κ3) is 1.56. The molecule has 0 atom stereocenters. The van der Waals surface area contributed by atoms with E-state index in [0.717, 1.165) is 11.1 Å². The van der Waals surface area contributed by atoms with Gasteiger partial charge in [0.25, 0.3) is 0 Å². The van der Waals surface area contributed by atoms with Gasteiger partial charge in [0.2, 0.25) is 0 Å². The third-order valence-corrected chi connectivity index (χ3v) is 2.31. The highest BCUT2D eigenvalue weighted by atomic mass is 16.3. The summed E-state index contributed by atoms with van der Waals surface area (Å²) in [6.07, 6.45) is 0.540. The molecule has 0 radical (unpaired) electrons. The van der Waals surface area contributed by atoms with E-state index < -0.39 is 0 Å². The second kappa shape index (κ2) is 3.35. The van der Waals surface area contributed by atoms with Crippen LogP contribution in [0, 0.1) is 13.8 Å². The molecule has 0 aliphatic rings. The number of aldehydes is 1. The van der Waals surface area contributed by atoms with Crippen molar-refractivity contribution in [3.05, 3.63) is 45.3 Å². The van der Waals surface area contributed by atoms with Crippen LogP contribution in [0.2, 0.25) is 0 Å². The maximum atomic E-state index is 11.7. The van der Waals surface area contributed by atoms with Gasteiger partial charge in [-0.1, -0.05) is 6.07 Å². The molecule has 2 aromatic rings. The standard InChI is InChI=1S/C12H10O3/c1-7-3-8(2)12-10(14)5-9(6-13)15-11(12)4-7/h3-6H,1-2H3. The molecule has 76 valence electrons. The molecule has 0 saturated carbocycles. The summed E-state index contributed by atoms with van der Waals surface area (Å²) in [6.45, 7) is 3.77. The van der Waals surface area contributed by atoms with Crippen LogP contribution in [0.5, 0.6) is 0 Å². The van der Waals surface area contributed by atoms with E-state index in [1.165, 1.54) is 6.07 Å². The summed E-state index contributed by atoms with van der Waals surface area (Å²) in [5.74, 6) is 0.0671. The summed E-state index contributed by atoms with van der Waals surface area (Å²) in [4.78, 5) is 22.2. The average molecular weight is 202 g/mol. The Morgan fingerprint density at radius 3 is 2.60 bits per heavy atom. The first-order chi connectivity index (χ1) is 7.11. The second-order valence-corrected chi connectivity index (χ2v) is 3.59. The molecule has 3 heteroatoms. The number of carbonyl (C=O) groups excluding carboxylic acids is 1. The molecule has 1 aromatic heterocycles. The van der Waals surface area contributed by atoms with E-state index in [4.69, 9.17) is 4.42 Å². The summed E-state index contributed by atoms with van der Waals surface area (Å²) in [6, 6.07) is 4.90. The minimum absolute atomic E-state index is 0.0671. The molecule has 0 fully saturated rings. The van der Waals surface area contributed by atoms with Crippen LogP contribution in [0.1, 0.15) is 21.7 Å². The highest BCUT2D eigenvalue weighted by Crippen LogP contribution is 2.17. The minimum Gasteiger partial charge on any atom is -0.453 e. The molecule has 1 aromatic carbocycles. The molecule has 0 bridgehead atoms. The van der Waals surface area contributed by atoms with E-state index in [-0.39, 0.29) is 11.2 Å². The summed E-state index contributed by atoms with van der Waals surface area (Å²) in [5.41, 5.74) is 2.18. The number of aryl methyl sites for hydroxylation is 2. The van der Waals surface area contributed by atoms with E-state index in [1.54, 1.807) is 6.07 Å². The van der Waals surface area contributed by atoms with Crippen LogP contribution in [-0.2, 0) is 0 Å². The van der Waals surface area contributed by atoms with Crippen molar-refractivity contribution in [2.24, 2.45) is 0 Å². The van der Waals surface area contributed by atoms with Crippen molar-refractivity contribution in [1.29, 1.82) is 0 Å². The molecule has 0 spiro atoms. The van der Waals surface area contributed by atoms with Crippen molar-refractivity contribution in [1.82, 2.24) is 0 Å². The first-order valence-corrected chi connectivity index (χ1v) is 4.62. The molecule has 0 aliphatic heterocycles. The maximum absolute atomic E-state index is 11.7. The summed E-state index contributed by atoms with van der Waals surface area (Å²) in [5, 5.41) is 0.547. The number of benzene rings is 1. The largest absolute Gasteiger partial charge is 0.453 e. The van der Waals surface area contributed by atoms with E-state index in [0.29, 0.717) is 17.3 Å². The molecule has 0 aliphatic carbocycles. The fraction of sp³-hybridized carbons (Fsp3) is 0.167. The molecule has 3 nitrogen and oxygen atoms in total. The summed E-state index contributed by atoms with van der Waals surface area (Å²) in [7, 11) is 0. The van der Waals surface area contributed by atoms with Crippen LogP contribution in [0.25, 0.3) is 11.0 Å². The fourth-order valence-corrected chi connectivity index (χ4v) is 1.74. The zero-order chi connectivity index (χ0) is 11.0. The topological polar surface area (TPSA) is 47.3 Å². The van der Waals surface area contributed by atoms with Gasteiger partial charge in [-0.3, -0.25) is 9.59 Å². The molecule has 0 N–H and O–H groups in total. The highest BCUT2D eigenvalue weighted by molar-refractivity contribution is 5.83. The Morgan fingerprint density at radius 1 is 1.20 bits per heavy atom. The number of hydrogen-bond donors (Lipinski definition) is 0. The Bertz CT molecular complexity index is 594. The Morgan fingerprint density at radius 2 is 1.93 bits per heavy atom. The Labute approximate surface area is 86.3 Å². The van der Waals surface area contributed by atoms with Gasteiger partial charge in [0, 0.05) is 6.07 Å². The number of carbonyl (C=O) groups is 1. The van der Waals surface area contributed by atoms with Gasteiger partial charge in [-0.2, -0.15) is 0 Å². The fourth-order valence-electron chi connectivity index (χ4n) is 1.74. The van der Waals surface area contributed by atoms with Gasteiger partial charge >= 0.3 is 0 Å². The zero-order valence-corrected chi connectivity index (χ0v) is 8.53. The van der Waals surface area contributed by atoms with Crippen molar-refractivity contribution in [3.63, 3.8) is 0 Å². The molecule has 0 unspecified atom stereocenters. The molecule has 1 heterocycles. The Balaban J connectivity index is 2.97. The SMILES string of the molecule is Cc1cc(C)c2c(=O)cc(C=O)oc2c1. The first kappa shape index (κ1) is 9.65. The van der Waals surface area contributed by atoms with Gasteiger partial charge in [-0.05, 0) is 31.0 Å². The van der Waals surface area contributed by atoms with Gasteiger partial charge < -0.3 is 4.42 Å². The predicted octanol–water partition coefficient (Wildman–Crippen LogP) is 2.22. The van der Waals surface area contributed by atoms with Gasteiger partial charge in [0.05, 0.1) is 5.39 Å². The Hall–Kier alpha value is -1.90. The van der Waals surface area contributed by atoms with Crippen LogP contribution in [-0.4, -0.2) is 6.29 Å².